The lowest BCUT2D eigenvalue weighted by Crippen LogP contribution is -2.48. The molecule has 1 fully saturated rings. The molecule has 5 heteroatoms. The van der Waals surface area contributed by atoms with Crippen LogP contribution in [0.1, 0.15) is 17.3 Å². The van der Waals surface area contributed by atoms with Gasteiger partial charge in [-0.25, -0.2) is 0 Å². The van der Waals surface area contributed by atoms with Gasteiger partial charge in [-0.1, -0.05) is 18.2 Å². The van der Waals surface area contributed by atoms with Crippen LogP contribution in [0.5, 0.6) is 0 Å². The Bertz CT molecular complexity index is 447. The van der Waals surface area contributed by atoms with Crippen LogP contribution >= 0.6 is 0 Å². The van der Waals surface area contributed by atoms with Crippen molar-refractivity contribution in [2.45, 2.75) is 13.0 Å². The molecule has 0 aromatic heterocycles. The zero-order valence-corrected chi connectivity index (χ0v) is 11.0. The van der Waals surface area contributed by atoms with Gasteiger partial charge >= 0.3 is 0 Å². The van der Waals surface area contributed by atoms with E-state index in [0.29, 0.717) is 25.3 Å². The van der Waals surface area contributed by atoms with Gasteiger partial charge in [0.2, 0.25) is 5.91 Å². The van der Waals surface area contributed by atoms with E-state index in [1.165, 1.54) is 0 Å². The number of hydrogen-bond acceptors (Lipinski definition) is 3. The van der Waals surface area contributed by atoms with E-state index in [4.69, 9.17) is 4.74 Å². The Morgan fingerprint density at radius 2 is 2.11 bits per heavy atom. The van der Waals surface area contributed by atoms with Crippen molar-refractivity contribution in [1.82, 2.24) is 10.2 Å². The fraction of sp³-hybridized carbons (Fsp3) is 0.429. The maximum absolute atomic E-state index is 11.9. The number of morpholine rings is 1. The van der Waals surface area contributed by atoms with E-state index in [1.807, 2.05) is 13.0 Å². The molecule has 1 heterocycles. The number of nitrogens with zero attached hydrogens (tertiary/aromatic N) is 1. The molecule has 5 nitrogen and oxygen atoms in total. The quantitative estimate of drug-likeness (QED) is 0.870. The number of carbonyl (C=O) groups excluding carboxylic acids is 2. The smallest absolute Gasteiger partial charge is 0.251 e. The predicted octanol–water partition coefficient (Wildman–Crippen LogP) is 0.664. The predicted molar refractivity (Wildman–Crippen MR) is 70.8 cm³/mol. The van der Waals surface area contributed by atoms with E-state index in [2.05, 4.69) is 5.32 Å². The van der Waals surface area contributed by atoms with Crippen LogP contribution in [0.25, 0.3) is 0 Å². The fourth-order valence-corrected chi connectivity index (χ4v) is 2.00. The lowest BCUT2D eigenvalue weighted by molar-refractivity contribution is -0.137. The molecule has 1 N–H and O–H groups in total. The van der Waals surface area contributed by atoms with E-state index in [-0.39, 0.29) is 24.5 Å². The topological polar surface area (TPSA) is 58.6 Å². The van der Waals surface area contributed by atoms with Gasteiger partial charge in [0.05, 0.1) is 19.3 Å². The van der Waals surface area contributed by atoms with E-state index in [0.717, 1.165) is 0 Å². The van der Waals surface area contributed by atoms with Crippen molar-refractivity contribution in [1.29, 1.82) is 0 Å². The number of benzene rings is 1. The highest BCUT2D eigenvalue weighted by Gasteiger charge is 2.21. The minimum absolute atomic E-state index is 0.0282. The zero-order chi connectivity index (χ0) is 13.7. The number of carbonyl (C=O) groups is 2. The summed E-state index contributed by atoms with van der Waals surface area (Å²) < 4.78 is 5.37. The summed E-state index contributed by atoms with van der Waals surface area (Å²) in [7, 11) is 0. The lowest BCUT2D eigenvalue weighted by atomic mass is 10.2. The van der Waals surface area contributed by atoms with Crippen molar-refractivity contribution in [2.24, 2.45) is 0 Å². The lowest BCUT2D eigenvalue weighted by Gasteiger charge is -2.31. The van der Waals surface area contributed by atoms with Gasteiger partial charge in [0, 0.05) is 18.7 Å². The molecular formula is C14H18N2O3. The third-order valence-electron chi connectivity index (χ3n) is 3.03. The van der Waals surface area contributed by atoms with Crippen molar-refractivity contribution in [3.8, 4) is 0 Å². The molecule has 1 unspecified atom stereocenters. The molecule has 102 valence electrons. The van der Waals surface area contributed by atoms with Crippen LogP contribution in [0.2, 0.25) is 0 Å². The fourth-order valence-electron chi connectivity index (χ4n) is 2.00. The highest BCUT2D eigenvalue weighted by Crippen LogP contribution is 2.04. The molecule has 0 radical (unpaired) electrons. The molecular weight excluding hydrogens is 244 g/mol. The molecule has 0 spiro atoms. The summed E-state index contributed by atoms with van der Waals surface area (Å²) in [6.07, 6.45) is 0.0579. The minimum atomic E-state index is -0.227. The van der Waals surface area contributed by atoms with Crippen LogP contribution < -0.4 is 5.32 Å². The SMILES string of the molecule is CC1CN(C(=O)CNC(=O)c2ccccc2)CCO1. The van der Waals surface area contributed by atoms with E-state index in [1.54, 1.807) is 29.2 Å². The van der Waals surface area contributed by atoms with Gasteiger partial charge in [-0.3, -0.25) is 9.59 Å². The largest absolute Gasteiger partial charge is 0.375 e. The normalized spacial score (nSPS) is 19.0. The molecule has 1 atom stereocenters. The maximum Gasteiger partial charge on any atom is 0.251 e. The van der Waals surface area contributed by atoms with Gasteiger partial charge in [0.15, 0.2) is 0 Å². The highest BCUT2D eigenvalue weighted by atomic mass is 16.5. The van der Waals surface area contributed by atoms with Gasteiger partial charge in [-0.05, 0) is 19.1 Å². The Kier molecular flexibility index (Phi) is 4.52. The molecule has 0 saturated carbocycles. The second-order valence-electron chi connectivity index (χ2n) is 4.57. The number of nitrogens with one attached hydrogen (secondary N) is 1. The van der Waals surface area contributed by atoms with Gasteiger partial charge in [0.25, 0.3) is 5.91 Å². The van der Waals surface area contributed by atoms with Crippen molar-refractivity contribution >= 4 is 11.8 Å². The van der Waals surface area contributed by atoms with E-state index in [9.17, 15) is 9.59 Å². The third-order valence-corrected chi connectivity index (χ3v) is 3.03. The van der Waals surface area contributed by atoms with Crippen molar-refractivity contribution < 1.29 is 14.3 Å². The molecule has 19 heavy (non-hydrogen) atoms. The second kappa shape index (κ2) is 6.33. The van der Waals surface area contributed by atoms with Crippen molar-refractivity contribution in [3.05, 3.63) is 35.9 Å². The Hall–Kier alpha value is -1.88. The summed E-state index contributed by atoms with van der Waals surface area (Å²) in [5, 5.41) is 2.64. The minimum Gasteiger partial charge on any atom is -0.375 e. The van der Waals surface area contributed by atoms with E-state index >= 15 is 0 Å². The number of amides is 2. The molecule has 1 saturated heterocycles. The third kappa shape index (κ3) is 3.79. The van der Waals surface area contributed by atoms with Gasteiger partial charge in [0.1, 0.15) is 0 Å². The highest BCUT2D eigenvalue weighted by molar-refractivity contribution is 5.96. The summed E-state index contributed by atoms with van der Waals surface area (Å²) >= 11 is 0. The first-order chi connectivity index (χ1) is 9.16. The molecule has 0 bridgehead atoms. The Labute approximate surface area is 112 Å². The average molecular weight is 262 g/mol. The Morgan fingerprint density at radius 3 is 2.79 bits per heavy atom. The molecule has 0 aliphatic carbocycles. The first-order valence-corrected chi connectivity index (χ1v) is 6.39. The van der Waals surface area contributed by atoms with Gasteiger partial charge in [-0.2, -0.15) is 0 Å². The van der Waals surface area contributed by atoms with Gasteiger partial charge in [-0.15, -0.1) is 0 Å². The Morgan fingerprint density at radius 1 is 1.37 bits per heavy atom. The van der Waals surface area contributed by atoms with Crippen LogP contribution in [0.4, 0.5) is 0 Å². The summed E-state index contributed by atoms with van der Waals surface area (Å²) in [5.41, 5.74) is 0.561. The van der Waals surface area contributed by atoms with Gasteiger partial charge < -0.3 is 15.0 Å². The summed E-state index contributed by atoms with van der Waals surface area (Å²) in [6.45, 7) is 3.69. The molecule has 1 aliphatic heterocycles. The first-order valence-electron chi connectivity index (χ1n) is 6.39. The number of rotatable bonds is 3. The summed E-state index contributed by atoms with van der Waals surface area (Å²) in [4.78, 5) is 25.4. The maximum atomic E-state index is 11.9. The van der Waals surface area contributed by atoms with Crippen LogP contribution in [0.15, 0.2) is 30.3 Å². The molecule has 1 aliphatic rings. The number of hydrogen-bond donors (Lipinski definition) is 1. The van der Waals surface area contributed by atoms with E-state index < -0.39 is 0 Å². The second-order valence-corrected chi connectivity index (χ2v) is 4.57. The number of ether oxygens (including phenoxy) is 1. The van der Waals surface area contributed by atoms with Crippen LogP contribution in [-0.2, 0) is 9.53 Å². The molecule has 1 aromatic carbocycles. The van der Waals surface area contributed by atoms with Crippen LogP contribution in [-0.4, -0.2) is 49.1 Å². The zero-order valence-electron chi connectivity index (χ0n) is 11.0. The van der Waals surface area contributed by atoms with Crippen molar-refractivity contribution in [3.63, 3.8) is 0 Å². The van der Waals surface area contributed by atoms with Crippen LogP contribution in [0.3, 0.4) is 0 Å². The molecule has 2 rings (SSSR count). The standard InChI is InChI=1S/C14H18N2O3/c1-11-10-16(7-8-19-11)13(17)9-15-14(18)12-5-3-2-4-6-12/h2-6,11H,7-10H2,1H3,(H,15,18). The average Bonchev–Trinajstić information content (AvgIpc) is 2.45. The summed E-state index contributed by atoms with van der Waals surface area (Å²) in [6, 6.07) is 8.87. The molecule has 2 amide bonds. The monoisotopic (exact) mass is 262 g/mol. The summed E-state index contributed by atoms with van der Waals surface area (Å²) in [5.74, 6) is -0.297. The van der Waals surface area contributed by atoms with Crippen LogP contribution in [0, 0.1) is 0 Å². The Balaban J connectivity index is 1.82. The first kappa shape index (κ1) is 13.5. The van der Waals surface area contributed by atoms with Crippen molar-refractivity contribution in [2.75, 3.05) is 26.2 Å². The molecule has 1 aromatic rings.